The van der Waals surface area contributed by atoms with Crippen LogP contribution < -0.4 is 0 Å². The number of hydrogen-bond donors (Lipinski definition) is 0. The van der Waals surface area contributed by atoms with Gasteiger partial charge in [-0.05, 0) is 13.0 Å². The highest BCUT2D eigenvalue weighted by Gasteiger charge is 2.16. The monoisotopic (exact) mass is 261 g/mol. The van der Waals surface area contributed by atoms with Crippen LogP contribution in [0.5, 0.6) is 0 Å². The van der Waals surface area contributed by atoms with E-state index >= 15 is 0 Å². The van der Waals surface area contributed by atoms with Gasteiger partial charge >= 0.3 is 5.97 Å². The minimum Gasteiger partial charge on any atom is -0.464 e. The van der Waals surface area contributed by atoms with Crippen LogP contribution >= 0.6 is 0 Å². The molecule has 5 nitrogen and oxygen atoms in total. The molecule has 2 aromatic heterocycles. The zero-order valence-corrected chi connectivity index (χ0v) is 12.0. The smallest absolute Gasteiger partial charge is 0.357 e. The Morgan fingerprint density at radius 1 is 1.32 bits per heavy atom. The number of aryl methyl sites for hydroxylation is 2. The van der Waals surface area contributed by atoms with Gasteiger partial charge in [-0.2, -0.15) is 5.10 Å². The van der Waals surface area contributed by atoms with Crippen LogP contribution in [0.2, 0.25) is 0 Å². The Morgan fingerprint density at radius 3 is 2.53 bits per heavy atom. The quantitative estimate of drug-likeness (QED) is 0.780. The zero-order chi connectivity index (χ0) is 14.4. The van der Waals surface area contributed by atoms with Crippen LogP contribution in [0.4, 0.5) is 0 Å². The second kappa shape index (κ2) is 6.68. The third-order valence-electron chi connectivity index (χ3n) is 2.43. The van der Waals surface area contributed by atoms with Crippen molar-refractivity contribution >= 4 is 5.97 Å². The fraction of sp³-hybridized carbons (Fsp3) is 0.357. The third-order valence-corrected chi connectivity index (χ3v) is 2.43. The number of carbonyl (C=O) groups excluding carboxylic acids is 1. The highest BCUT2D eigenvalue weighted by molar-refractivity contribution is 5.95. The Kier molecular flexibility index (Phi) is 5.23. The summed E-state index contributed by atoms with van der Waals surface area (Å²) in [5.41, 5.74) is 2.68. The summed E-state index contributed by atoms with van der Waals surface area (Å²) in [4.78, 5) is 15.9. The SMILES string of the molecule is CC.COC(=O)c1nc(C)ccc1-c1cnn(C)c1. The molecule has 0 spiro atoms. The first-order chi connectivity index (χ1) is 9.11. The number of aromatic nitrogens is 3. The van der Waals surface area contributed by atoms with E-state index in [-0.39, 0.29) is 0 Å². The largest absolute Gasteiger partial charge is 0.464 e. The van der Waals surface area contributed by atoms with Crippen molar-refractivity contribution in [3.8, 4) is 11.1 Å². The molecule has 19 heavy (non-hydrogen) atoms. The van der Waals surface area contributed by atoms with Gasteiger partial charge in [0.05, 0.1) is 13.3 Å². The Balaban J connectivity index is 0.000000861. The summed E-state index contributed by atoms with van der Waals surface area (Å²) in [7, 11) is 3.17. The second-order valence-corrected chi connectivity index (χ2v) is 3.74. The van der Waals surface area contributed by atoms with E-state index in [4.69, 9.17) is 4.74 Å². The Labute approximate surface area is 113 Å². The van der Waals surface area contributed by atoms with Crippen LogP contribution in [0, 0.1) is 6.92 Å². The number of pyridine rings is 1. The van der Waals surface area contributed by atoms with E-state index in [9.17, 15) is 4.79 Å². The molecule has 0 bridgehead atoms. The third kappa shape index (κ3) is 3.40. The average Bonchev–Trinajstić information content (AvgIpc) is 2.86. The molecule has 0 N–H and O–H groups in total. The maximum atomic E-state index is 11.7. The minimum absolute atomic E-state index is 0.320. The van der Waals surface area contributed by atoms with Crippen molar-refractivity contribution in [1.82, 2.24) is 14.8 Å². The maximum Gasteiger partial charge on any atom is 0.357 e. The maximum absolute atomic E-state index is 11.7. The molecule has 0 aromatic carbocycles. The lowest BCUT2D eigenvalue weighted by Crippen LogP contribution is -2.07. The van der Waals surface area contributed by atoms with E-state index in [1.54, 1.807) is 10.9 Å². The van der Waals surface area contributed by atoms with Crippen molar-refractivity contribution in [1.29, 1.82) is 0 Å². The van der Waals surface area contributed by atoms with Crippen LogP contribution in [0.25, 0.3) is 11.1 Å². The number of rotatable bonds is 2. The summed E-state index contributed by atoms with van der Waals surface area (Å²) in [5, 5.41) is 4.08. The summed E-state index contributed by atoms with van der Waals surface area (Å²) >= 11 is 0. The van der Waals surface area contributed by atoms with Gasteiger partial charge < -0.3 is 4.74 Å². The van der Waals surface area contributed by atoms with E-state index in [2.05, 4.69) is 10.1 Å². The summed E-state index contributed by atoms with van der Waals surface area (Å²) in [6, 6.07) is 3.71. The van der Waals surface area contributed by atoms with Gasteiger partial charge in [0.2, 0.25) is 0 Å². The lowest BCUT2D eigenvalue weighted by atomic mass is 10.1. The van der Waals surface area contributed by atoms with Gasteiger partial charge in [-0.25, -0.2) is 9.78 Å². The zero-order valence-electron chi connectivity index (χ0n) is 12.0. The molecule has 0 aliphatic carbocycles. The molecule has 0 radical (unpaired) electrons. The molecular weight excluding hydrogens is 242 g/mol. The number of methoxy groups -OCH3 is 1. The predicted octanol–water partition coefficient (Wildman–Crippen LogP) is 2.60. The fourth-order valence-electron chi connectivity index (χ4n) is 1.60. The second-order valence-electron chi connectivity index (χ2n) is 3.74. The highest BCUT2D eigenvalue weighted by atomic mass is 16.5. The summed E-state index contributed by atoms with van der Waals surface area (Å²) in [6.07, 6.45) is 3.53. The molecular formula is C14H19N3O2. The van der Waals surface area contributed by atoms with Gasteiger partial charge in [-0.15, -0.1) is 0 Å². The number of ether oxygens (including phenoxy) is 1. The molecule has 5 heteroatoms. The van der Waals surface area contributed by atoms with E-state index < -0.39 is 5.97 Å². The molecule has 2 heterocycles. The highest BCUT2D eigenvalue weighted by Crippen LogP contribution is 2.22. The van der Waals surface area contributed by atoms with E-state index in [1.807, 2.05) is 46.1 Å². The first-order valence-corrected chi connectivity index (χ1v) is 6.17. The van der Waals surface area contributed by atoms with E-state index in [0.717, 1.165) is 16.8 Å². The van der Waals surface area contributed by atoms with Gasteiger partial charge in [-0.1, -0.05) is 19.9 Å². The molecule has 0 amide bonds. The van der Waals surface area contributed by atoms with Crippen molar-refractivity contribution < 1.29 is 9.53 Å². The first kappa shape index (κ1) is 14.9. The van der Waals surface area contributed by atoms with Gasteiger partial charge in [0, 0.05) is 30.1 Å². The Hall–Kier alpha value is -2.17. The molecule has 0 aliphatic rings. The molecule has 2 rings (SSSR count). The number of nitrogens with zero attached hydrogens (tertiary/aromatic N) is 3. The van der Waals surface area contributed by atoms with Crippen LogP contribution in [-0.4, -0.2) is 27.8 Å². The molecule has 0 saturated heterocycles. The van der Waals surface area contributed by atoms with Gasteiger partial charge in [-0.3, -0.25) is 4.68 Å². The predicted molar refractivity (Wildman–Crippen MR) is 73.9 cm³/mol. The van der Waals surface area contributed by atoms with Crippen LogP contribution in [0.3, 0.4) is 0 Å². The molecule has 2 aromatic rings. The summed E-state index contributed by atoms with van der Waals surface area (Å²) in [6.45, 7) is 5.83. The number of carbonyl (C=O) groups is 1. The lowest BCUT2D eigenvalue weighted by molar-refractivity contribution is 0.0595. The van der Waals surface area contributed by atoms with Crippen molar-refractivity contribution in [2.75, 3.05) is 7.11 Å². The van der Waals surface area contributed by atoms with Crippen molar-refractivity contribution in [2.24, 2.45) is 7.05 Å². The Bertz CT molecular complexity index is 562. The van der Waals surface area contributed by atoms with Gasteiger partial charge in [0.1, 0.15) is 0 Å². The molecule has 102 valence electrons. The Morgan fingerprint density at radius 2 is 2.00 bits per heavy atom. The van der Waals surface area contributed by atoms with Gasteiger partial charge in [0.25, 0.3) is 0 Å². The molecule has 0 atom stereocenters. The van der Waals surface area contributed by atoms with Crippen molar-refractivity contribution in [3.63, 3.8) is 0 Å². The van der Waals surface area contributed by atoms with Crippen LogP contribution in [-0.2, 0) is 11.8 Å². The van der Waals surface area contributed by atoms with E-state index in [0.29, 0.717) is 5.69 Å². The summed E-state index contributed by atoms with van der Waals surface area (Å²) in [5.74, 6) is -0.437. The number of hydrogen-bond acceptors (Lipinski definition) is 4. The fourth-order valence-corrected chi connectivity index (χ4v) is 1.60. The van der Waals surface area contributed by atoms with Gasteiger partial charge in [0.15, 0.2) is 5.69 Å². The van der Waals surface area contributed by atoms with E-state index in [1.165, 1.54) is 7.11 Å². The van der Waals surface area contributed by atoms with Crippen molar-refractivity contribution in [3.05, 3.63) is 35.9 Å². The van der Waals surface area contributed by atoms with Crippen LogP contribution in [0.1, 0.15) is 30.0 Å². The summed E-state index contributed by atoms with van der Waals surface area (Å²) < 4.78 is 6.41. The molecule has 0 fully saturated rings. The normalized spacial score (nSPS) is 9.53. The molecule has 0 aliphatic heterocycles. The average molecular weight is 261 g/mol. The molecule has 0 unspecified atom stereocenters. The minimum atomic E-state index is -0.437. The first-order valence-electron chi connectivity index (χ1n) is 6.17. The van der Waals surface area contributed by atoms with Crippen LogP contribution in [0.15, 0.2) is 24.5 Å². The topological polar surface area (TPSA) is 57.0 Å². The number of esters is 1. The standard InChI is InChI=1S/C12H13N3O2.C2H6/c1-8-4-5-10(9-6-13-15(2)7-9)11(14-8)12(16)17-3;1-2/h4-7H,1-3H3;1-2H3. The lowest BCUT2D eigenvalue weighted by Gasteiger charge is -2.05. The van der Waals surface area contributed by atoms with Crippen molar-refractivity contribution in [2.45, 2.75) is 20.8 Å². The molecule has 0 saturated carbocycles.